The van der Waals surface area contributed by atoms with E-state index in [1.165, 1.54) is 0 Å². The van der Waals surface area contributed by atoms with Gasteiger partial charge >= 0.3 is 0 Å². The normalized spacial score (nSPS) is 22.8. The third kappa shape index (κ3) is 3.39. The van der Waals surface area contributed by atoms with Crippen LogP contribution in [0.5, 0.6) is 0 Å². The molecule has 1 saturated heterocycles. The molecule has 27 heavy (non-hydrogen) atoms. The first-order chi connectivity index (χ1) is 13.2. The summed E-state index contributed by atoms with van der Waals surface area (Å²) in [6.07, 6.45) is 8.37. The van der Waals surface area contributed by atoms with Crippen LogP contribution in [0.1, 0.15) is 37.7 Å². The molecule has 1 aliphatic carbocycles. The summed E-state index contributed by atoms with van der Waals surface area (Å²) < 4.78 is 0. The molecule has 0 aromatic heterocycles. The van der Waals surface area contributed by atoms with E-state index in [0.29, 0.717) is 0 Å². The van der Waals surface area contributed by atoms with Crippen LogP contribution in [0.3, 0.4) is 0 Å². The number of nitrogens with zero attached hydrogens (tertiary/aromatic N) is 1. The SMILES string of the molecule is O=C1CC(C=Cc2ccccc2)(C(=O)NC2CCCC2)N1c1ccccc1. The highest BCUT2D eigenvalue weighted by Gasteiger charge is 2.55. The van der Waals surface area contributed by atoms with E-state index in [4.69, 9.17) is 0 Å². The summed E-state index contributed by atoms with van der Waals surface area (Å²) in [4.78, 5) is 27.4. The summed E-state index contributed by atoms with van der Waals surface area (Å²) in [6.45, 7) is 0. The van der Waals surface area contributed by atoms with Crippen molar-refractivity contribution in [1.29, 1.82) is 0 Å². The Morgan fingerprint density at radius 2 is 1.63 bits per heavy atom. The number of nitrogens with one attached hydrogen (secondary N) is 1. The molecule has 1 N–H and O–H groups in total. The molecular formula is C23H24N2O2. The topological polar surface area (TPSA) is 49.4 Å². The first-order valence-electron chi connectivity index (χ1n) is 9.62. The van der Waals surface area contributed by atoms with Crippen LogP contribution in [0.15, 0.2) is 66.7 Å². The van der Waals surface area contributed by atoms with Gasteiger partial charge in [0, 0.05) is 11.7 Å². The van der Waals surface area contributed by atoms with Crippen LogP contribution in [0.4, 0.5) is 5.69 Å². The number of anilines is 1. The van der Waals surface area contributed by atoms with E-state index in [1.807, 2.05) is 72.8 Å². The number of rotatable bonds is 5. The van der Waals surface area contributed by atoms with Gasteiger partial charge in [-0.25, -0.2) is 0 Å². The summed E-state index contributed by atoms with van der Waals surface area (Å²) in [7, 11) is 0. The third-order valence-corrected chi connectivity index (χ3v) is 5.52. The van der Waals surface area contributed by atoms with E-state index < -0.39 is 5.54 Å². The lowest BCUT2D eigenvalue weighted by Gasteiger charge is -2.49. The third-order valence-electron chi connectivity index (χ3n) is 5.52. The molecule has 1 unspecified atom stereocenters. The van der Waals surface area contributed by atoms with Crippen LogP contribution in [0, 0.1) is 0 Å². The average molecular weight is 360 g/mol. The van der Waals surface area contributed by atoms with Crippen molar-refractivity contribution in [2.75, 3.05) is 4.90 Å². The van der Waals surface area contributed by atoms with Gasteiger partial charge < -0.3 is 5.32 Å². The van der Waals surface area contributed by atoms with E-state index in [2.05, 4.69) is 5.32 Å². The molecule has 4 nitrogen and oxygen atoms in total. The van der Waals surface area contributed by atoms with Gasteiger partial charge in [0.2, 0.25) is 5.91 Å². The monoisotopic (exact) mass is 360 g/mol. The van der Waals surface area contributed by atoms with Crippen LogP contribution in [0.2, 0.25) is 0 Å². The standard InChI is InChI=1S/C23H24N2O2/c26-21-17-23(16-15-18-9-3-1-4-10-18,22(27)24-19-11-7-8-12-19)25(21)20-13-5-2-6-14-20/h1-6,9-10,13-16,19H,7-8,11-12,17H2,(H,24,27). The van der Waals surface area contributed by atoms with Crippen molar-refractivity contribution in [1.82, 2.24) is 5.32 Å². The molecule has 2 aromatic carbocycles. The molecule has 1 heterocycles. The van der Waals surface area contributed by atoms with Crippen LogP contribution in [-0.2, 0) is 9.59 Å². The minimum Gasteiger partial charge on any atom is -0.351 e. The Balaban J connectivity index is 1.67. The van der Waals surface area contributed by atoms with E-state index in [1.54, 1.807) is 4.90 Å². The average Bonchev–Trinajstić information content (AvgIpc) is 3.19. The fourth-order valence-electron chi connectivity index (χ4n) is 4.04. The predicted octanol–water partition coefficient (Wildman–Crippen LogP) is 3.93. The second-order valence-electron chi connectivity index (χ2n) is 7.36. The highest BCUT2D eigenvalue weighted by Crippen LogP contribution is 2.39. The van der Waals surface area contributed by atoms with Crippen molar-refractivity contribution in [2.24, 2.45) is 0 Å². The Labute approximate surface area is 159 Å². The molecule has 4 heteroatoms. The number of amides is 2. The quantitative estimate of drug-likeness (QED) is 0.821. The lowest BCUT2D eigenvalue weighted by atomic mass is 9.80. The molecule has 1 saturated carbocycles. The first-order valence-corrected chi connectivity index (χ1v) is 9.62. The molecule has 0 radical (unpaired) electrons. The van der Waals surface area contributed by atoms with Crippen molar-refractivity contribution < 1.29 is 9.59 Å². The molecule has 1 aliphatic heterocycles. The number of β-lactam (4-membered cyclic amide) rings is 1. The lowest BCUT2D eigenvalue weighted by molar-refractivity contribution is -0.137. The maximum Gasteiger partial charge on any atom is 0.251 e. The van der Waals surface area contributed by atoms with Gasteiger partial charge in [0.25, 0.3) is 5.91 Å². The van der Waals surface area contributed by atoms with E-state index >= 15 is 0 Å². The zero-order chi connectivity index (χ0) is 18.7. The maximum absolute atomic E-state index is 13.3. The Morgan fingerprint density at radius 3 is 2.26 bits per heavy atom. The second kappa shape index (κ2) is 7.39. The van der Waals surface area contributed by atoms with E-state index in [0.717, 1.165) is 36.9 Å². The second-order valence-corrected chi connectivity index (χ2v) is 7.36. The number of hydrogen-bond acceptors (Lipinski definition) is 2. The zero-order valence-corrected chi connectivity index (χ0v) is 15.3. The van der Waals surface area contributed by atoms with Gasteiger partial charge in [-0.1, -0.05) is 67.4 Å². The lowest BCUT2D eigenvalue weighted by Crippen LogP contribution is -2.70. The van der Waals surface area contributed by atoms with Gasteiger partial charge in [0.15, 0.2) is 5.54 Å². The van der Waals surface area contributed by atoms with Crippen molar-refractivity contribution in [3.63, 3.8) is 0 Å². The van der Waals surface area contributed by atoms with Gasteiger partial charge in [0.1, 0.15) is 0 Å². The summed E-state index contributed by atoms with van der Waals surface area (Å²) >= 11 is 0. The van der Waals surface area contributed by atoms with E-state index in [-0.39, 0.29) is 24.3 Å². The molecule has 4 rings (SSSR count). The number of benzene rings is 2. The summed E-state index contributed by atoms with van der Waals surface area (Å²) in [5, 5.41) is 3.19. The number of para-hydroxylation sites is 1. The fourth-order valence-corrected chi connectivity index (χ4v) is 4.04. The highest BCUT2D eigenvalue weighted by molar-refractivity contribution is 6.15. The molecular weight excluding hydrogens is 336 g/mol. The summed E-state index contributed by atoms with van der Waals surface area (Å²) in [5.41, 5.74) is 0.808. The summed E-state index contributed by atoms with van der Waals surface area (Å²) in [5.74, 6) is -0.106. The molecule has 2 fully saturated rings. The fraction of sp³-hybridized carbons (Fsp3) is 0.304. The zero-order valence-electron chi connectivity index (χ0n) is 15.3. The number of carbonyl (C=O) groups excluding carboxylic acids is 2. The van der Waals surface area contributed by atoms with Crippen molar-refractivity contribution in [3.8, 4) is 0 Å². The molecule has 2 aromatic rings. The van der Waals surface area contributed by atoms with Crippen molar-refractivity contribution >= 4 is 23.6 Å². The first kappa shape index (κ1) is 17.5. The highest BCUT2D eigenvalue weighted by atomic mass is 16.2. The van der Waals surface area contributed by atoms with Gasteiger partial charge in [0.05, 0.1) is 6.42 Å². The molecule has 138 valence electrons. The molecule has 2 amide bonds. The van der Waals surface area contributed by atoms with Crippen molar-refractivity contribution in [2.45, 2.75) is 43.7 Å². The van der Waals surface area contributed by atoms with Crippen LogP contribution >= 0.6 is 0 Å². The minimum atomic E-state index is -0.961. The minimum absolute atomic E-state index is 0.0273. The summed E-state index contributed by atoms with van der Waals surface area (Å²) in [6, 6.07) is 19.5. The molecule has 2 aliphatic rings. The van der Waals surface area contributed by atoms with Crippen molar-refractivity contribution in [3.05, 3.63) is 72.3 Å². The predicted molar refractivity (Wildman–Crippen MR) is 107 cm³/mol. The van der Waals surface area contributed by atoms with E-state index in [9.17, 15) is 9.59 Å². The van der Waals surface area contributed by atoms with Gasteiger partial charge in [-0.15, -0.1) is 0 Å². The number of hydrogen-bond donors (Lipinski definition) is 1. The number of carbonyl (C=O) groups is 2. The smallest absolute Gasteiger partial charge is 0.251 e. The van der Waals surface area contributed by atoms with Crippen LogP contribution < -0.4 is 10.2 Å². The molecule has 0 bridgehead atoms. The maximum atomic E-state index is 13.3. The molecule has 0 spiro atoms. The Bertz CT molecular complexity index is 841. The Kier molecular flexibility index (Phi) is 4.80. The largest absolute Gasteiger partial charge is 0.351 e. The Hall–Kier alpha value is -2.88. The van der Waals surface area contributed by atoms with Crippen LogP contribution in [0.25, 0.3) is 6.08 Å². The Morgan fingerprint density at radius 1 is 1.00 bits per heavy atom. The van der Waals surface area contributed by atoms with Crippen LogP contribution in [-0.4, -0.2) is 23.4 Å². The van der Waals surface area contributed by atoms with Gasteiger partial charge in [-0.3, -0.25) is 14.5 Å². The van der Waals surface area contributed by atoms with Gasteiger partial charge in [-0.2, -0.15) is 0 Å². The molecule has 1 atom stereocenters. The van der Waals surface area contributed by atoms with Gasteiger partial charge in [-0.05, 0) is 36.6 Å².